The maximum Gasteiger partial charge on any atom is 0.126 e. The first kappa shape index (κ1) is 13.1. The van der Waals surface area contributed by atoms with Gasteiger partial charge in [0.25, 0.3) is 0 Å². The Balaban J connectivity index is 3.54. The highest BCUT2D eigenvalue weighted by Crippen LogP contribution is 2.21. The minimum Gasteiger partial charge on any atom is -0.0985 e. The van der Waals surface area contributed by atoms with Crippen molar-refractivity contribution >= 4 is 10.9 Å². The highest BCUT2D eigenvalue weighted by atomic mass is 32.2. The predicted molar refractivity (Wildman–Crippen MR) is 66.5 cm³/mol. The Labute approximate surface area is 87.2 Å². The first-order valence-electron chi connectivity index (χ1n) is 5.24. The minimum atomic E-state index is 0.511. The second-order valence-corrected chi connectivity index (χ2v) is 7.27. The van der Waals surface area contributed by atoms with Crippen molar-refractivity contribution in [1.82, 2.24) is 0 Å². The molecule has 0 rings (SSSR count). The van der Waals surface area contributed by atoms with Gasteiger partial charge in [-0.05, 0) is 42.2 Å². The highest BCUT2D eigenvalue weighted by molar-refractivity contribution is 7.96. The van der Waals surface area contributed by atoms with Crippen LogP contribution in [0.2, 0.25) is 0 Å². The Morgan fingerprint density at radius 3 is 2.31 bits per heavy atom. The monoisotopic (exact) mass is 201 g/mol. The van der Waals surface area contributed by atoms with Crippen LogP contribution in [0.15, 0.2) is 12.7 Å². The summed E-state index contributed by atoms with van der Waals surface area (Å²) < 4.78 is 0. The van der Waals surface area contributed by atoms with E-state index in [0.29, 0.717) is 16.3 Å². The fourth-order valence-electron chi connectivity index (χ4n) is 1.32. The van der Waals surface area contributed by atoms with E-state index in [1.807, 2.05) is 0 Å². The van der Waals surface area contributed by atoms with Gasteiger partial charge in [0, 0.05) is 0 Å². The smallest absolute Gasteiger partial charge is 0.0985 e. The van der Waals surface area contributed by atoms with Crippen molar-refractivity contribution in [1.29, 1.82) is 0 Å². The van der Waals surface area contributed by atoms with Gasteiger partial charge in [-0.3, -0.25) is 0 Å². The summed E-state index contributed by atoms with van der Waals surface area (Å²) in [7, 11) is 0.616. The van der Waals surface area contributed by atoms with Gasteiger partial charge in [-0.25, -0.2) is 0 Å². The van der Waals surface area contributed by atoms with E-state index in [1.165, 1.54) is 30.1 Å². The first-order valence-corrected chi connectivity index (χ1v) is 6.98. The Kier molecular flexibility index (Phi) is 6.58. The van der Waals surface area contributed by atoms with E-state index in [9.17, 15) is 0 Å². The van der Waals surface area contributed by atoms with Crippen molar-refractivity contribution in [2.75, 3.05) is 17.3 Å². The standard InChI is InChI=1S/C12H25S/c1-6-10-13(7-2)11-8-9-12(3,4)5/h6H,1,7-11H2,2-5H3/q+1. The zero-order valence-corrected chi connectivity index (χ0v) is 10.5. The SMILES string of the molecule is C=CC[S+](CC)CCCC(C)(C)C. The van der Waals surface area contributed by atoms with Crippen molar-refractivity contribution in [3.05, 3.63) is 12.7 Å². The molecule has 78 valence electrons. The zero-order chi connectivity index (χ0) is 10.3. The molecule has 0 fully saturated rings. The molecule has 1 atom stereocenters. The van der Waals surface area contributed by atoms with Crippen LogP contribution in [0.3, 0.4) is 0 Å². The van der Waals surface area contributed by atoms with E-state index in [-0.39, 0.29) is 0 Å². The molecular weight excluding hydrogens is 176 g/mol. The van der Waals surface area contributed by atoms with Gasteiger partial charge in [0.2, 0.25) is 0 Å². The molecule has 1 unspecified atom stereocenters. The van der Waals surface area contributed by atoms with E-state index < -0.39 is 0 Å². The molecule has 1 heteroatoms. The highest BCUT2D eigenvalue weighted by Gasteiger charge is 2.15. The van der Waals surface area contributed by atoms with Crippen LogP contribution in [0.4, 0.5) is 0 Å². The Hall–Kier alpha value is 0.0900. The summed E-state index contributed by atoms with van der Waals surface area (Å²) in [4.78, 5) is 0. The van der Waals surface area contributed by atoms with Crippen molar-refractivity contribution in [3.63, 3.8) is 0 Å². The molecule has 0 aliphatic carbocycles. The number of hydrogen-bond acceptors (Lipinski definition) is 0. The summed E-state index contributed by atoms with van der Waals surface area (Å²) in [5, 5.41) is 0. The largest absolute Gasteiger partial charge is 0.126 e. The third-order valence-corrected chi connectivity index (χ3v) is 4.51. The van der Waals surface area contributed by atoms with Crippen molar-refractivity contribution in [2.24, 2.45) is 5.41 Å². The fraction of sp³-hybridized carbons (Fsp3) is 0.833. The lowest BCUT2D eigenvalue weighted by atomic mass is 9.91. The molecule has 0 saturated heterocycles. The topological polar surface area (TPSA) is 0 Å². The molecule has 0 N–H and O–H groups in total. The predicted octanol–water partition coefficient (Wildman–Crippen LogP) is 3.64. The molecule has 0 aromatic heterocycles. The van der Waals surface area contributed by atoms with Crippen molar-refractivity contribution in [3.8, 4) is 0 Å². The van der Waals surface area contributed by atoms with Crippen LogP contribution >= 0.6 is 0 Å². The molecule has 13 heavy (non-hydrogen) atoms. The normalized spacial score (nSPS) is 14.2. The minimum absolute atomic E-state index is 0.511. The van der Waals surface area contributed by atoms with Crippen LogP contribution in [0, 0.1) is 5.41 Å². The van der Waals surface area contributed by atoms with Gasteiger partial charge in [0.1, 0.15) is 17.3 Å². The van der Waals surface area contributed by atoms with Gasteiger partial charge in [-0.15, -0.1) is 0 Å². The first-order chi connectivity index (χ1) is 5.99. The number of hydrogen-bond donors (Lipinski definition) is 0. The number of rotatable bonds is 6. The summed E-state index contributed by atoms with van der Waals surface area (Å²) in [6.45, 7) is 13.1. The van der Waals surface area contributed by atoms with Gasteiger partial charge >= 0.3 is 0 Å². The van der Waals surface area contributed by atoms with Gasteiger partial charge in [0.05, 0.1) is 0 Å². The van der Waals surface area contributed by atoms with Crippen LogP contribution < -0.4 is 0 Å². The molecule has 0 amide bonds. The molecule has 0 aromatic carbocycles. The van der Waals surface area contributed by atoms with Gasteiger partial charge < -0.3 is 0 Å². The van der Waals surface area contributed by atoms with Gasteiger partial charge in [-0.2, -0.15) is 0 Å². The van der Waals surface area contributed by atoms with Crippen LogP contribution in [-0.2, 0) is 10.9 Å². The van der Waals surface area contributed by atoms with E-state index in [1.54, 1.807) is 0 Å². The maximum atomic E-state index is 3.81. The Bertz CT molecular complexity index is 133. The molecule has 0 aliphatic rings. The van der Waals surface area contributed by atoms with Crippen LogP contribution in [-0.4, -0.2) is 17.3 Å². The van der Waals surface area contributed by atoms with E-state index in [2.05, 4.69) is 40.3 Å². The zero-order valence-electron chi connectivity index (χ0n) is 9.73. The Morgan fingerprint density at radius 2 is 1.92 bits per heavy atom. The van der Waals surface area contributed by atoms with E-state index in [4.69, 9.17) is 0 Å². The third-order valence-electron chi connectivity index (χ3n) is 2.12. The van der Waals surface area contributed by atoms with Crippen LogP contribution in [0.5, 0.6) is 0 Å². The fourth-order valence-corrected chi connectivity index (χ4v) is 2.90. The molecule has 0 bridgehead atoms. The van der Waals surface area contributed by atoms with Gasteiger partial charge in [-0.1, -0.05) is 27.4 Å². The average molecular weight is 201 g/mol. The van der Waals surface area contributed by atoms with E-state index in [0.717, 1.165) is 0 Å². The molecule has 0 radical (unpaired) electrons. The summed E-state index contributed by atoms with van der Waals surface area (Å²) in [6.07, 6.45) is 4.81. The average Bonchev–Trinajstić information content (AvgIpc) is 2.01. The molecule has 0 spiro atoms. The van der Waals surface area contributed by atoms with E-state index >= 15 is 0 Å². The molecular formula is C12H25S+. The quantitative estimate of drug-likeness (QED) is 0.455. The Morgan fingerprint density at radius 1 is 1.31 bits per heavy atom. The van der Waals surface area contributed by atoms with Crippen molar-refractivity contribution in [2.45, 2.75) is 40.5 Å². The summed E-state index contributed by atoms with van der Waals surface area (Å²) in [5.41, 5.74) is 0.511. The molecule has 0 saturated carbocycles. The maximum absolute atomic E-state index is 3.81. The summed E-state index contributed by atoms with van der Waals surface area (Å²) in [5.74, 6) is 3.95. The molecule has 0 heterocycles. The second-order valence-electron chi connectivity index (χ2n) is 4.72. The van der Waals surface area contributed by atoms with Gasteiger partial charge in [0.15, 0.2) is 0 Å². The third kappa shape index (κ3) is 8.42. The summed E-state index contributed by atoms with van der Waals surface area (Å²) >= 11 is 0. The molecule has 0 aliphatic heterocycles. The lowest BCUT2D eigenvalue weighted by Gasteiger charge is -2.17. The lowest BCUT2D eigenvalue weighted by Crippen LogP contribution is -2.15. The molecule has 0 nitrogen and oxygen atoms in total. The van der Waals surface area contributed by atoms with Crippen LogP contribution in [0.25, 0.3) is 0 Å². The van der Waals surface area contributed by atoms with Crippen LogP contribution in [0.1, 0.15) is 40.5 Å². The lowest BCUT2D eigenvalue weighted by molar-refractivity contribution is 0.374. The second kappa shape index (κ2) is 6.53. The molecule has 0 aromatic rings. The van der Waals surface area contributed by atoms with Crippen molar-refractivity contribution < 1.29 is 0 Å². The summed E-state index contributed by atoms with van der Waals surface area (Å²) in [6, 6.07) is 0.